The van der Waals surface area contributed by atoms with Gasteiger partial charge in [-0.15, -0.1) is 0 Å². The van der Waals surface area contributed by atoms with Crippen molar-refractivity contribution in [2.24, 2.45) is 0 Å². The van der Waals surface area contributed by atoms with Crippen LogP contribution in [0.4, 0.5) is 10.1 Å². The molecule has 0 radical (unpaired) electrons. The van der Waals surface area contributed by atoms with Gasteiger partial charge < -0.3 is 15.4 Å². The van der Waals surface area contributed by atoms with E-state index in [1.807, 2.05) is 24.3 Å². The van der Waals surface area contributed by atoms with E-state index < -0.39 is 0 Å². The van der Waals surface area contributed by atoms with Gasteiger partial charge >= 0.3 is 0 Å². The molecule has 2 aromatic rings. The van der Waals surface area contributed by atoms with Gasteiger partial charge in [-0.3, -0.25) is 4.90 Å². The molecule has 1 heterocycles. The van der Waals surface area contributed by atoms with Crippen LogP contribution in [0.1, 0.15) is 24.1 Å². The first-order chi connectivity index (χ1) is 13.2. The van der Waals surface area contributed by atoms with Crippen LogP contribution in [0.25, 0.3) is 0 Å². The van der Waals surface area contributed by atoms with Crippen LogP contribution < -0.4 is 10.6 Å². The molecule has 1 atom stereocenters. The summed E-state index contributed by atoms with van der Waals surface area (Å²) in [4.78, 5) is 2.35. The lowest BCUT2D eigenvalue weighted by Crippen LogP contribution is -2.44. The second-order valence-corrected chi connectivity index (χ2v) is 7.01. The third kappa shape index (κ3) is 5.73. The van der Waals surface area contributed by atoms with Crippen LogP contribution in [0.3, 0.4) is 0 Å². The number of hydrogen-bond acceptors (Lipinski definition) is 3. The van der Waals surface area contributed by atoms with Gasteiger partial charge in [0, 0.05) is 25.3 Å². The van der Waals surface area contributed by atoms with Gasteiger partial charge in [-0.05, 0) is 54.0 Å². The summed E-state index contributed by atoms with van der Waals surface area (Å²) >= 11 is 5.46. The highest BCUT2D eigenvalue weighted by molar-refractivity contribution is 7.80. The molecule has 0 saturated carbocycles. The number of morpholine rings is 1. The van der Waals surface area contributed by atoms with Crippen LogP contribution in [0.5, 0.6) is 0 Å². The fourth-order valence-corrected chi connectivity index (χ4v) is 3.42. The highest BCUT2D eigenvalue weighted by Crippen LogP contribution is 2.22. The molecule has 3 rings (SSSR count). The molecule has 144 valence electrons. The molecule has 0 aliphatic carbocycles. The molecule has 2 N–H and O–H groups in total. The summed E-state index contributed by atoms with van der Waals surface area (Å²) in [6.45, 7) is 5.90. The number of ether oxygens (including phenoxy) is 1. The molecular formula is C21H26FN3OS. The summed E-state index contributed by atoms with van der Waals surface area (Å²) in [5.74, 6) is -0.222. The molecule has 1 saturated heterocycles. The molecule has 0 amide bonds. The summed E-state index contributed by atoms with van der Waals surface area (Å²) in [5.41, 5.74) is 3.33. The van der Waals surface area contributed by atoms with Crippen LogP contribution >= 0.6 is 12.2 Å². The number of aryl methyl sites for hydroxylation is 1. The van der Waals surface area contributed by atoms with Crippen molar-refractivity contribution in [2.75, 3.05) is 38.2 Å². The van der Waals surface area contributed by atoms with E-state index in [2.05, 4.69) is 34.6 Å². The zero-order valence-electron chi connectivity index (χ0n) is 15.6. The second kappa shape index (κ2) is 9.78. The van der Waals surface area contributed by atoms with E-state index in [4.69, 9.17) is 17.0 Å². The van der Waals surface area contributed by atoms with Gasteiger partial charge in [0.25, 0.3) is 0 Å². The number of halogens is 1. The maximum Gasteiger partial charge on any atom is 0.170 e. The highest BCUT2D eigenvalue weighted by atomic mass is 32.1. The molecule has 6 heteroatoms. The predicted octanol–water partition coefficient (Wildman–Crippen LogP) is 3.75. The third-order valence-electron chi connectivity index (χ3n) is 4.82. The maximum absolute atomic E-state index is 13.3. The summed E-state index contributed by atoms with van der Waals surface area (Å²) in [6.07, 6.45) is 1.02. The van der Waals surface area contributed by atoms with Gasteiger partial charge in [-0.2, -0.15) is 0 Å². The Balaban J connectivity index is 1.62. The lowest BCUT2D eigenvalue weighted by molar-refractivity contribution is 0.0170. The number of nitrogens with zero attached hydrogens (tertiary/aromatic N) is 1. The minimum atomic E-state index is -0.222. The minimum absolute atomic E-state index is 0.108. The third-order valence-corrected chi connectivity index (χ3v) is 5.06. The molecule has 0 aromatic heterocycles. The zero-order valence-corrected chi connectivity index (χ0v) is 16.4. The van der Waals surface area contributed by atoms with Crippen LogP contribution in [0.2, 0.25) is 0 Å². The van der Waals surface area contributed by atoms with E-state index >= 15 is 0 Å². The fourth-order valence-electron chi connectivity index (χ4n) is 3.22. The Hall–Kier alpha value is -2.02. The SMILES string of the molecule is CCc1ccc(NC(=S)NC[C@@H](c2ccc(F)cc2)N2CCOCC2)cc1. The summed E-state index contributed by atoms with van der Waals surface area (Å²) in [6, 6.07) is 15.1. The number of rotatable bonds is 6. The van der Waals surface area contributed by atoms with Crippen molar-refractivity contribution in [3.05, 3.63) is 65.5 Å². The first kappa shape index (κ1) is 19.7. The highest BCUT2D eigenvalue weighted by Gasteiger charge is 2.22. The Morgan fingerprint density at radius 1 is 1.11 bits per heavy atom. The molecule has 2 aromatic carbocycles. The standard InChI is InChI=1S/C21H26FN3OS/c1-2-16-3-9-19(10-4-16)24-21(27)23-15-20(25-11-13-26-14-12-25)17-5-7-18(22)8-6-17/h3-10,20H,2,11-15H2,1H3,(H2,23,24,27)/t20-/m0/s1. The molecule has 0 bridgehead atoms. The van der Waals surface area contributed by atoms with E-state index in [9.17, 15) is 4.39 Å². The van der Waals surface area contributed by atoms with Gasteiger partial charge in [0.05, 0.1) is 19.3 Å². The average Bonchev–Trinajstić information content (AvgIpc) is 2.71. The van der Waals surface area contributed by atoms with Crippen LogP contribution in [0, 0.1) is 5.82 Å². The Morgan fingerprint density at radius 3 is 2.41 bits per heavy atom. The Kier molecular flexibility index (Phi) is 7.15. The van der Waals surface area contributed by atoms with E-state index in [1.54, 1.807) is 0 Å². The van der Waals surface area contributed by atoms with Crippen molar-refractivity contribution in [1.29, 1.82) is 0 Å². The number of thiocarbonyl (C=S) groups is 1. The van der Waals surface area contributed by atoms with E-state index in [1.165, 1.54) is 17.7 Å². The molecule has 0 unspecified atom stereocenters. The summed E-state index contributed by atoms with van der Waals surface area (Å²) in [5, 5.41) is 7.13. The topological polar surface area (TPSA) is 36.5 Å². The molecule has 1 aliphatic heterocycles. The number of nitrogens with one attached hydrogen (secondary N) is 2. The first-order valence-electron chi connectivity index (χ1n) is 9.36. The van der Waals surface area contributed by atoms with Crippen LogP contribution in [-0.2, 0) is 11.2 Å². The smallest absolute Gasteiger partial charge is 0.170 e. The van der Waals surface area contributed by atoms with E-state index in [0.717, 1.165) is 30.8 Å². The van der Waals surface area contributed by atoms with E-state index in [0.29, 0.717) is 24.9 Å². The average molecular weight is 388 g/mol. The van der Waals surface area contributed by atoms with Crippen molar-refractivity contribution >= 4 is 23.0 Å². The zero-order chi connectivity index (χ0) is 19.1. The molecule has 1 fully saturated rings. The van der Waals surface area contributed by atoms with Crippen molar-refractivity contribution in [2.45, 2.75) is 19.4 Å². The van der Waals surface area contributed by atoms with Crippen LogP contribution in [-0.4, -0.2) is 42.9 Å². The van der Waals surface area contributed by atoms with Gasteiger partial charge in [-0.25, -0.2) is 4.39 Å². The van der Waals surface area contributed by atoms with Gasteiger partial charge in [0.15, 0.2) is 5.11 Å². The fraction of sp³-hybridized carbons (Fsp3) is 0.381. The van der Waals surface area contributed by atoms with Crippen LogP contribution in [0.15, 0.2) is 48.5 Å². The molecule has 1 aliphatic rings. The van der Waals surface area contributed by atoms with E-state index in [-0.39, 0.29) is 11.9 Å². The summed E-state index contributed by atoms with van der Waals surface area (Å²) < 4.78 is 18.8. The molecule has 4 nitrogen and oxygen atoms in total. The Morgan fingerprint density at radius 2 is 1.78 bits per heavy atom. The van der Waals surface area contributed by atoms with Gasteiger partial charge in [0.1, 0.15) is 5.82 Å². The summed E-state index contributed by atoms with van der Waals surface area (Å²) in [7, 11) is 0. The Labute approximate surface area is 165 Å². The van der Waals surface area contributed by atoms with Crippen molar-refractivity contribution in [3.63, 3.8) is 0 Å². The maximum atomic E-state index is 13.3. The first-order valence-corrected chi connectivity index (χ1v) is 9.77. The van der Waals surface area contributed by atoms with Crippen molar-refractivity contribution < 1.29 is 9.13 Å². The van der Waals surface area contributed by atoms with Crippen molar-refractivity contribution in [3.8, 4) is 0 Å². The van der Waals surface area contributed by atoms with Gasteiger partial charge in [-0.1, -0.05) is 31.2 Å². The normalized spacial score (nSPS) is 15.9. The largest absolute Gasteiger partial charge is 0.379 e. The van der Waals surface area contributed by atoms with Gasteiger partial charge in [0.2, 0.25) is 0 Å². The number of hydrogen-bond donors (Lipinski definition) is 2. The predicted molar refractivity (Wildman–Crippen MR) is 112 cm³/mol. The number of benzene rings is 2. The Bertz CT molecular complexity index is 730. The van der Waals surface area contributed by atoms with Crippen molar-refractivity contribution in [1.82, 2.24) is 10.2 Å². The molecular weight excluding hydrogens is 361 g/mol. The number of anilines is 1. The quantitative estimate of drug-likeness (QED) is 0.739. The minimum Gasteiger partial charge on any atom is -0.379 e. The molecule has 0 spiro atoms. The second-order valence-electron chi connectivity index (χ2n) is 6.60. The lowest BCUT2D eigenvalue weighted by Gasteiger charge is -2.35. The monoisotopic (exact) mass is 387 g/mol. The molecule has 27 heavy (non-hydrogen) atoms. The lowest BCUT2D eigenvalue weighted by atomic mass is 10.0.